The molecule has 2 aromatic carbocycles. The third kappa shape index (κ3) is 6.00. The summed E-state index contributed by atoms with van der Waals surface area (Å²) in [5.41, 5.74) is 1.97. The summed E-state index contributed by atoms with van der Waals surface area (Å²) in [5, 5.41) is 8.23. The third-order valence-electron chi connectivity index (χ3n) is 9.57. The van der Waals surface area contributed by atoms with Crippen molar-refractivity contribution in [3.05, 3.63) is 54.6 Å². The van der Waals surface area contributed by atoms with E-state index in [-0.39, 0.29) is 48.1 Å². The van der Waals surface area contributed by atoms with Crippen LogP contribution in [-0.4, -0.2) is 72.1 Å². The van der Waals surface area contributed by atoms with Crippen LogP contribution in [0.25, 0.3) is 11.1 Å². The first-order chi connectivity index (χ1) is 20.6. The topological polar surface area (TPSA) is 134 Å². The third-order valence-corrected chi connectivity index (χ3v) is 9.57. The Bertz CT molecular complexity index is 1420. The highest BCUT2D eigenvalue weighted by Crippen LogP contribution is 2.64. The summed E-state index contributed by atoms with van der Waals surface area (Å²) in [6.07, 6.45) is 2.20. The fourth-order valence-electron chi connectivity index (χ4n) is 6.73. The monoisotopic (exact) mass is 586 g/mol. The minimum Gasteiger partial charge on any atom is -0.484 e. The summed E-state index contributed by atoms with van der Waals surface area (Å²) < 4.78 is 5.82. The van der Waals surface area contributed by atoms with Gasteiger partial charge >= 0.3 is 0 Å². The molecular weight excluding hydrogens is 548 g/mol. The second-order valence-corrected chi connectivity index (χ2v) is 12.8. The lowest BCUT2D eigenvalue weighted by molar-refractivity contribution is -0.144. The number of nitrogens with zero attached hydrogens (tertiary/aromatic N) is 1. The Labute approximate surface area is 250 Å². The standard InChI is InChI=1S/C33H38N4O6/c1-33(2)24-17-37(26(38)18-43-23-12-8-20(9-13-23)19-6-4-3-5-7-19)28(27(24)33)31(41)36-25(16-21-14-15-34-30(21)40)29(39)32(42)35-22-10-11-22/h3-9,12-13,21-22,24-25,27-28H,10-11,14-18H2,1-2H3,(H,34,40)(H,35,42)(H,36,41)/t21-,24-,25-,27-,28-/m0/s1. The van der Waals surface area contributed by atoms with E-state index in [1.54, 1.807) is 4.90 Å². The lowest BCUT2D eigenvalue weighted by Gasteiger charge is -2.31. The Morgan fingerprint density at radius 1 is 1.00 bits per heavy atom. The smallest absolute Gasteiger partial charge is 0.289 e. The van der Waals surface area contributed by atoms with Gasteiger partial charge in [0.25, 0.3) is 11.8 Å². The fraction of sp³-hybridized carbons (Fsp3) is 0.485. The Morgan fingerprint density at radius 2 is 1.70 bits per heavy atom. The zero-order valence-corrected chi connectivity index (χ0v) is 24.5. The Balaban J connectivity index is 1.13. The first-order valence-corrected chi connectivity index (χ1v) is 15.1. The van der Waals surface area contributed by atoms with Gasteiger partial charge in [-0.25, -0.2) is 0 Å². The number of ether oxygens (including phenoxy) is 1. The molecule has 10 heteroatoms. The molecule has 2 aromatic rings. The molecule has 0 radical (unpaired) electrons. The van der Waals surface area contributed by atoms with E-state index in [0.717, 1.165) is 24.0 Å². The highest BCUT2D eigenvalue weighted by Gasteiger charge is 2.69. The van der Waals surface area contributed by atoms with E-state index in [1.165, 1.54) is 0 Å². The molecule has 0 unspecified atom stereocenters. The summed E-state index contributed by atoms with van der Waals surface area (Å²) in [7, 11) is 0. The van der Waals surface area contributed by atoms with Crippen molar-refractivity contribution >= 4 is 29.4 Å². The maximum atomic E-state index is 13.8. The van der Waals surface area contributed by atoms with Gasteiger partial charge in [-0.3, -0.25) is 24.0 Å². The van der Waals surface area contributed by atoms with Crippen molar-refractivity contribution in [3.8, 4) is 16.9 Å². The Kier molecular flexibility index (Phi) is 7.70. The lowest BCUT2D eigenvalue weighted by Crippen LogP contribution is -2.56. The van der Waals surface area contributed by atoms with Crippen LogP contribution in [0.15, 0.2) is 54.6 Å². The van der Waals surface area contributed by atoms with E-state index in [1.807, 2.05) is 54.6 Å². The molecule has 2 aliphatic heterocycles. The fourth-order valence-corrected chi connectivity index (χ4v) is 6.73. The molecule has 4 aliphatic rings. The summed E-state index contributed by atoms with van der Waals surface area (Å²) in [6, 6.07) is 15.5. The number of ketones is 1. The van der Waals surface area contributed by atoms with Gasteiger partial charge in [0.05, 0.1) is 6.04 Å². The van der Waals surface area contributed by atoms with E-state index in [2.05, 4.69) is 29.8 Å². The lowest BCUT2D eigenvalue weighted by atomic mass is 9.94. The van der Waals surface area contributed by atoms with E-state index in [4.69, 9.17) is 4.74 Å². The zero-order valence-electron chi connectivity index (χ0n) is 24.5. The van der Waals surface area contributed by atoms with Crippen LogP contribution in [0.5, 0.6) is 5.75 Å². The van der Waals surface area contributed by atoms with Gasteiger partial charge < -0.3 is 25.6 Å². The van der Waals surface area contributed by atoms with E-state index in [9.17, 15) is 24.0 Å². The highest BCUT2D eigenvalue weighted by molar-refractivity contribution is 6.38. The molecule has 2 saturated carbocycles. The number of benzene rings is 2. The Morgan fingerprint density at radius 3 is 2.35 bits per heavy atom. The molecule has 4 amide bonds. The quantitative estimate of drug-likeness (QED) is 0.345. The maximum Gasteiger partial charge on any atom is 0.289 e. The number of hydrogen-bond donors (Lipinski definition) is 3. The highest BCUT2D eigenvalue weighted by atomic mass is 16.5. The van der Waals surface area contributed by atoms with Crippen molar-refractivity contribution in [2.45, 2.75) is 57.7 Å². The van der Waals surface area contributed by atoms with E-state index >= 15 is 0 Å². The number of fused-ring (bicyclic) bond motifs is 1. The summed E-state index contributed by atoms with van der Waals surface area (Å²) in [6.45, 7) is 4.82. The molecule has 5 atom stereocenters. The first-order valence-electron chi connectivity index (χ1n) is 15.1. The van der Waals surface area contributed by atoms with Crippen molar-refractivity contribution in [2.24, 2.45) is 23.2 Å². The first kappa shape index (κ1) is 28.9. The molecule has 0 spiro atoms. The van der Waals surface area contributed by atoms with Gasteiger partial charge in [-0.05, 0) is 66.2 Å². The van der Waals surface area contributed by atoms with Gasteiger partial charge in [-0.1, -0.05) is 56.3 Å². The predicted molar refractivity (Wildman–Crippen MR) is 157 cm³/mol. The number of likely N-dealkylation sites (tertiary alicyclic amines) is 1. The Hall–Kier alpha value is -4.21. The van der Waals surface area contributed by atoms with Gasteiger partial charge in [-0.2, -0.15) is 0 Å². The molecule has 2 saturated heterocycles. The van der Waals surface area contributed by atoms with Gasteiger partial charge in [0.15, 0.2) is 6.61 Å². The number of carbonyl (C=O) groups is 5. The molecule has 226 valence electrons. The van der Waals surface area contributed by atoms with Crippen LogP contribution in [0, 0.1) is 23.2 Å². The van der Waals surface area contributed by atoms with Crippen LogP contribution in [0.3, 0.4) is 0 Å². The molecule has 0 bridgehead atoms. The van der Waals surface area contributed by atoms with Crippen LogP contribution in [0.2, 0.25) is 0 Å². The molecule has 2 heterocycles. The molecule has 4 fully saturated rings. The molecule has 43 heavy (non-hydrogen) atoms. The normalized spacial score (nSPS) is 25.7. The van der Waals surface area contributed by atoms with Gasteiger partial charge in [0.2, 0.25) is 17.6 Å². The van der Waals surface area contributed by atoms with E-state index < -0.39 is 35.6 Å². The average molecular weight is 587 g/mol. The van der Waals surface area contributed by atoms with Crippen LogP contribution in [0.4, 0.5) is 0 Å². The number of rotatable bonds is 11. The molecule has 2 aliphatic carbocycles. The van der Waals surface area contributed by atoms with Gasteiger partial charge in [0.1, 0.15) is 11.8 Å². The molecule has 6 rings (SSSR count). The van der Waals surface area contributed by atoms with Crippen molar-refractivity contribution in [3.63, 3.8) is 0 Å². The number of amides is 4. The number of Topliss-reactive ketones (excluding diaryl/α,β-unsaturated/α-hetero) is 1. The van der Waals surface area contributed by atoms with Crippen molar-refractivity contribution in [2.75, 3.05) is 19.7 Å². The second-order valence-electron chi connectivity index (χ2n) is 12.8. The SMILES string of the molecule is CC1(C)[C@@H]2[C@@H](C(=O)N[C@@H](C[C@@H]3CCNC3=O)C(=O)C(=O)NC3CC3)N(C(=O)COc3ccc(-c4ccccc4)cc3)C[C@@H]21. The molecule has 3 N–H and O–H groups in total. The van der Waals surface area contributed by atoms with Crippen molar-refractivity contribution < 1.29 is 28.7 Å². The van der Waals surface area contributed by atoms with Gasteiger partial charge in [-0.15, -0.1) is 0 Å². The van der Waals surface area contributed by atoms with Crippen LogP contribution in [-0.2, 0) is 24.0 Å². The minimum atomic E-state index is -1.16. The van der Waals surface area contributed by atoms with Crippen LogP contribution >= 0.6 is 0 Å². The number of carbonyl (C=O) groups excluding carboxylic acids is 5. The van der Waals surface area contributed by atoms with Crippen molar-refractivity contribution in [1.29, 1.82) is 0 Å². The summed E-state index contributed by atoms with van der Waals surface area (Å²) >= 11 is 0. The zero-order chi connectivity index (χ0) is 30.3. The number of piperidine rings is 1. The van der Waals surface area contributed by atoms with Crippen LogP contribution < -0.4 is 20.7 Å². The number of nitrogens with one attached hydrogen (secondary N) is 3. The van der Waals surface area contributed by atoms with E-state index in [0.29, 0.717) is 25.3 Å². The molecule has 10 nitrogen and oxygen atoms in total. The predicted octanol–water partition coefficient (Wildman–Crippen LogP) is 2.07. The average Bonchev–Trinajstić information content (AvgIpc) is 3.77. The second kappa shape index (κ2) is 11.5. The maximum absolute atomic E-state index is 13.8. The minimum absolute atomic E-state index is 0.0203. The molecule has 0 aromatic heterocycles. The van der Waals surface area contributed by atoms with Crippen LogP contribution in [0.1, 0.15) is 39.5 Å². The van der Waals surface area contributed by atoms with Crippen molar-refractivity contribution in [1.82, 2.24) is 20.9 Å². The summed E-state index contributed by atoms with van der Waals surface area (Å²) in [4.78, 5) is 67.0. The summed E-state index contributed by atoms with van der Waals surface area (Å²) in [5.74, 6) is -2.36. The largest absolute Gasteiger partial charge is 0.484 e. The van der Waals surface area contributed by atoms with Gasteiger partial charge in [0, 0.05) is 25.0 Å². The molecular formula is C33H38N4O6. The number of hydrogen-bond acceptors (Lipinski definition) is 6.